The zero-order valence-corrected chi connectivity index (χ0v) is 10.9. The molecule has 3 aromatic rings. The average Bonchev–Trinajstić information content (AvgIpc) is 2.44. The first kappa shape index (κ1) is 11.7. The highest BCUT2D eigenvalue weighted by atomic mass is 16.5. The van der Waals surface area contributed by atoms with Crippen LogP contribution in [0.5, 0.6) is 0 Å². The molecule has 0 radical (unpaired) electrons. The summed E-state index contributed by atoms with van der Waals surface area (Å²) in [6.45, 7) is 1.93. The Balaban J connectivity index is 2.44. The molecule has 2 heteroatoms. The van der Waals surface area contributed by atoms with Gasteiger partial charge in [0.25, 0.3) is 0 Å². The molecule has 0 unspecified atom stereocenters. The molecule has 3 aromatic carbocycles. The van der Waals surface area contributed by atoms with Crippen LogP contribution in [0.2, 0.25) is 0 Å². The number of aryl methyl sites for hydroxylation is 1. The minimum absolute atomic E-state index is 0.279. The Labute approximate surface area is 111 Å². The molecule has 94 valence electrons. The van der Waals surface area contributed by atoms with Crippen molar-refractivity contribution in [2.75, 3.05) is 7.11 Å². The zero-order chi connectivity index (χ0) is 13.4. The number of ether oxygens (including phenoxy) is 1. The van der Waals surface area contributed by atoms with Crippen LogP contribution in [0.15, 0.2) is 48.5 Å². The van der Waals surface area contributed by atoms with E-state index in [1.165, 1.54) is 12.5 Å². The van der Waals surface area contributed by atoms with Crippen LogP contribution >= 0.6 is 0 Å². The van der Waals surface area contributed by atoms with Crippen LogP contribution < -0.4 is 0 Å². The fraction of sp³-hybridized carbons (Fsp3) is 0.118. The largest absolute Gasteiger partial charge is 0.465 e. The molecule has 3 rings (SSSR count). The quantitative estimate of drug-likeness (QED) is 0.480. The van der Waals surface area contributed by atoms with E-state index in [-0.39, 0.29) is 5.97 Å². The van der Waals surface area contributed by atoms with Gasteiger partial charge in [-0.05, 0) is 46.2 Å². The third-order valence-corrected chi connectivity index (χ3v) is 3.48. The van der Waals surface area contributed by atoms with E-state index in [1.807, 2.05) is 31.2 Å². The van der Waals surface area contributed by atoms with Gasteiger partial charge in [-0.15, -0.1) is 0 Å². The van der Waals surface area contributed by atoms with Gasteiger partial charge in [-0.3, -0.25) is 0 Å². The van der Waals surface area contributed by atoms with E-state index in [1.54, 1.807) is 0 Å². The molecule has 0 N–H and O–H groups in total. The van der Waals surface area contributed by atoms with Gasteiger partial charge in [0, 0.05) is 0 Å². The lowest BCUT2D eigenvalue weighted by molar-refractivity contribution is 0.0602. The summed E-state index contributed by atoms with van der Waals surface area (Å²) in [4.78, 5) is 12.0. The van der Waals surface area contributed by atoms with E-state index in [2.05, 4.69) is 24.3 Å². The summed E-state index contributed by atoms with van der Waals surface area (Å²) in [6.07, 6.45) is 0. The maximum absolute atomic E-state index is 12.0. The van der Waals surface area contributed by atoms with Crippen LogP contribution in [0.1, 0.15) is 15.9 Å². The van der Waals surface area contributed by atoms with Crippen molar-refractivity contribution >= 4 is 27.5 Å². The fourth-order valence-electron chi connectivity index (χ4n) is 2.50. The van der Waals surface area contributed by atoms with Crippen LogP contribution in [-0.2, 0) is 4.74 Å². The van der Waals surface area contributed by atoms with Crippen LogP contribution in [0.3, 0.4) is 0 Å². The minimum atomic E-state index is -0.279. The molecule has 0 heterocycles. The van der Waals surface area contributed by atoms with Crippen molar-refractivity contribution in [3.8, 4) is 0 Å². The Morgan fingerprint density at radius 2 is 1.63 bits per heavy atom. The number of carbonyl (C=O) groups is 1. The van der Waals surface area contributed by atoms with Crippen LogP contribution in [0, 0.1) is 6.92 Å². The number of fused-ring (bicyclic) bond motifs is 2. The van der Waals surface area contributed by atoms with Gasteiger partial charge in [-0.1, -0.05) is 36.4 Å². The molecule has 19 heavy (non-hydrogen) atoms. The van der Waals surface area contributed by atoms with E-state index in [0.29, 0.717) is 5.56 Å². The number of esters is 1. The number of carbonyl (C=O) groups excluding carboxylic acids is 1. The summed E-state index contributed by atoms with van der Waals surface area (Å²) >= 11 is 0. The predicted molar refractivity (Wildman–Crippen MR) is 77.5 cm³/mol. The summed E-state index contributed by atoms with van der Waals surface area (Å²) in [5, 5.41) is 4.32. The Morgan fingerprint density at radius 1 is 0.947 bits per heavy atom. The third kappa shape index (κ3) is 1.85. The first-order chi connectivity index (χ1) is 9.20. The SMILES string of the molecule is COC(=O)c1c(C)ccc2cc3ccccc3cc12. The first-order valence-electron chi connectivity index (χ1n) is 6.21. The maximum atomic E-state index is 12.0. The highest BCUT2D eigenvalue weighted by Crippen LogP contribution is 2.27. The molecule has 0 atom stereocenters. The van der Waals surface area contributed by atoms with Gasteiger partial charge < -0.3 is 4.74 Å². The normalized spacial score (nSPS) is 10.8. The van der Waals surface area contributed by atoms with Gasteiger partial charge in [-0.25, -0.2) is 4.79 Å². The second-order valence-electron chi connectivity index (χ2n) is 4.67. The molecular weight excluding hydrogens is 236 g/mol. The zero-order valence-electron chi connectivity index (χ0n) is 10.9. The summed E-state index contributed by atoms with van der Waals surface area (Å²) < 4.78 is 4.90. The third-order valence-electron chi connectivity index (χ3n) is 3.48. The second-order valence-corrected chi connectivity index (χ2v) is 4.67. The second kappa shape index (κ2) is 4.39. The molecular formula is C17H14O2. The lowest BCUT2D eigenvalue weighted by Gasteiger charge is -2.09. The molecule has 0 saturated carbocycles. The molecule has 2 nitrogen and oxygen atoms in total. The van der Waals surface area contributed by atoms with Crippen molar-refractivity contribution < 1.29 is 9.53 Å². The summed E-state index contributed by atoms with van der Waals surface area (Å²) in [7, 11) is 1.42. The molecule has 0 aliphatic carbocycles. The monoisotopic (exact) mass is 250 g/mol. The predicted octanol–water partition coefficient (Wildman–Crippen LogP) is 4.09. The van der Waals surface area contributed by atoms with E-state index < -0.39 is 0 Å². The van der Waals surface area contributed by atoms with E-state index in [4.69, 9.17) is 4.74 Å². The van der Waals surface area contributed by atoms with E-state index >= 15 is 0 Å². The summed E-state index contributed by atoms with van der Waals surface area (Å²) in [6, 6.07) is 16.3. The van der Waals surface area contributed by atoms with Gasteiger partial charge in [0.2, 0.25) is 0 Å². The van der Waals surface area contributed by atoms with Gasteiger partial charge in [-0.2, -0.15) is 0 Å². The number of methoxy groups -OCH3 is 1. The van der Waals surface area contributed by atoms with Gasteiger partial charge in [0.15, 0.2) is 0 Å². The lowest BCUT2D eigenvalue weighted by Crippen LogP contribution is -2.04. The van der Waals surface area contributed by atoms with Gasteiger partial charge in [0.1, 0.15) is 0 Å². The van der Waals surface area contributed by atoms with Crippen molar-refractivity contribution in [1.29, 1.82) is 0 Å². The van der Waals surface area contributed by atoms with E-state index in [0.717, 1.165) is 21.7 Å². The molecule has 0 aromatic heterocycles. The molecule has 0 aliphatic heterocycles. The fourth-order valence-corrected chi connectivity index (χ4v) is 2.50. The lowest BCUT2D eigenvalue weighted by atomic mass is 9.96. The Bertz CT molecular complexity index is 788. The van der Waals surface area contributed by atoms with Gasteiger partial charge in [0.05, 0.1) is 12.7 Å². The molecule has 0 spiro atoms. The topological polar surface area (TPSA) is 26.3 Å². The summed E-state index contributed by atoms with van der Waals surface area (Å²) in [5.74, 6) is -0.279. The van der Waals surface area contributed by atoms with Crippen molar-refractivity contribution in [3.05, 3.63) is 59.7 Å². The number of rotatable bonds is 1. The standard InChI is InChI=1S/C17H14O2/c1-11-7-8-14-9-12-5-3-4-6-13(12)10-15(14)16(11)17(18)19-2/h3-10H,1-2H3. The Morgan fingerprint density at radius 3 is 2.32 bits per heavy atom. The van der Waals surface area contributed by atoms with Crippen molar-refractivity contribution in [3.63, 3.8) is 0 Å². The number of hydrogen-bond acceptors (Lipinski definition) is 2. The number of hydrogen-bond donors (Lipinski definition) is 0. The average molecular weight is 250 g/mol. The molecule has 0 fully saturated rings. The van der Waals surface area contributed by atoms with Crippen LogP contribution in [0.25, 0.3) is 21.5 Å². The van der Waals surface area contributed by atoms with Crippen molar-refractivity contribution in [2.24, 2.45) is 0 Å². The Kier molecular flexibility index (Phi) is 2.71. The molecule has 0 amide bonds. The smallest absolute Gasteiger partial charge is 0.338 e. The minimum Gasteiger partial charge on any atom is -0.465 e. The Hall–Kier alpha value is -2.35. The van der Waals surface area contributed by atoms with Crippen LogP contribution in [-0.4, -0.2) is 13.1 Å². The molecule has 0 aliphatic rings. The van der Waals surface area contributed by atoms with Gasteiger partial charge >= 0.3 is 5.97 Å². The highest BCUT2D eigenvalue weighted by molar-refractivity contribution is 6.09. The number of benzene rings is 3. The molecule has 0 bridgehead atoms. The van der Waals surface area contributed by atoms with Crippen LogP contribution in [0.4, 0.5) is 0 Å². The van der Waals surface area contributed by atoms with E-state index in [9.17, 15) is 4.79 Å². The van der Waals surface area contributed by atoms with Crippen molar-refractivity contribution in [2.45, 2.75) is 6.92 Å². The maximum Gasteiger partial charge on any atom is 0.338 e. The van der Waals surface area contributed by atoms with Crippen molar-refractivity contribution in [1.82, 2.24) is 0 Å². The highest BCUT2D eigenvalue weighted by Gasteiger charge is 2.14. The summed E-state index contributed by atoms with van der Waals surface area (Å²) in [5.41, 5.74) is 1.60. The first-order valence-corrected chi connectivity index (χ1v) is 6.21. The molecule has 0 saturated heterocycles.